The van der Waals surface area contributed by atoms with Crippen LogP contribution in [0.1, 0.15) is 22.2 Å². The van der Waals surface area contributed by atoms with Crippen LogP contribution in [0.5, 0.6) is 0 Å². The molecule has 0 aliphatic rings. The fourth-order valence-corrected chi connectivity index (χ4v) is 2.88. The van der Waals surface area contributed by atoms with Crippen LogP contribution in [0.25, 0.3) is 0 Å². The maximum absolute atomic E-state index is 6.35. The van der Waals surface area contributed by atoms with Crippen LogP contribution in [-0.4, -0.2) is 4.98 Å². The van der Waals surface area contributed by atoms with Crippen LogP contribution in [0.4, 0.5) is 0 Å². The number of nitrogens with zero attached hydrogens (tertiary/aromatic N) is 1. The average molecular weight is 238 g/mol. The van der Waals surface area contributed by atoms with Gasteiger partial charge in [0, 0.05) is 18.3 Å². The Kier molecular flexibility index (Phi) is 3.39. The molecule has 78 valence electrons. The molecular formula is C12H12ClNS. The summed E-state index contributed by atoms with van der Waals surface area (Å²) in [4.78, 5) is 4.28. The van der Waals surface area contributed by atoms with E-state index in [4.69, 9.17) is 11.6 Å². The number of halogens is 1. The van der Waals surface area contributed by atoms with Crippen molar-refractivity contribution in [3.63, 3.8) is 0 Å². The van der Waals surface area contributed by atoms with Crippen molar-refractivity contribution in [2.45, 2.75) is 18.7 Å². The maximum Gasteiger partial charge on any atom is 0.0651 e. The summed E-state index contributed by atoms with van der Waals surface area (Å²) in [6.07, 6.45) is 2.60. The van der Waals surface area contributed by atoms with E-state index in [0.29, 0.717) is 0 Å². The third-order valence-corrected chi connectivity index (χ3v) is 3.62. The lowest BCUT2D eigenvalue weighted by atomic mass is 10.1. The van der Waals surface area contributed by atoms with Crippen molar-refractivity contribution < 1.29 is 0 Å². The van der Waals surface area contributed by atoms with Crippen molar-refractivity contribution in [1.82, 2.24) is 4.98 Å². The number of pyridine rings is 1. The lowest BCUT2D eigenvalue weighted by Gasteiger charge is -2.08. The minimum Gasteiger partial charge on any atom is -0.261 e. The molecule has 0 bridgehead atoms. The largest absolute Gasteiger partial charge is 0.261 e. The SMILES string of the molecule is Cc1cscc1C(Cl)Cc1ccccn1. The van der Waals surface area contributed by atoms with Crippen LogP contribution in [0.2, 0.25) is 0 Å². The third-order valence-electron chi connectivity index (χ3n) is 2.35. The number of hydrogen-bond donors (Lipinski definition) is 0. The molecule has 0 saturated heterocycles. The molecule has 2 rings (SSSR count). The van der Waals surface area contributed by atoms with Crippen molar-refractivity contribution in [2.75, 3.05) is 0 Å². The van der Waals surface area contributed by atoms with Gasteiger partial charge >= 0.3 is 0 Å². The summed E-state index contributed by atoms with van der Waals surface area (Å²) in [6.45, 7) is 2.10. The van der Waals surface area contributed by atoms with Crippen molar-refractivity contribution in [1.29, 1.82) is 0 Å². The second-order valence-electron chi connectivity index (χ2n) is 3.50. The molecule has 1 atom stereocenters. The van der Waals surface area contributed by atoms with E-state index in [2.05, 4.69) is 22.7 Å². The zero-order valence-corrected chi connectivity index (χ0v) is 10.1. The standard InChI is InChI=1S/C12H12ClNS/c1-9-7-15-8-11(9)12(13)6-10-4-2-3-5-14-10/h2-5,7-8,12H,6H2,1H3. The number of aromatic nitrogens is 1. The minimum absolute atomic E-state index is 0.0335. The first-order chi connectivity index (χ1) is 7.27. The van der Waals surface area contributed by atoms with E-state index < -0.39 is 0 Å². The molecule has 0 N–H and O–H groups in total. The van der Waals surface area contributed by atoms with Gasteiger partial charge in [-0.1, -0.05) is 6.07 Å². The molecule has 0 radical (unpaired) electrons. The normalized spacial score (nSPS) is 12.7. The van der Waals surface area contributed by atoms with E-state index in [1.54, 1.807) is 17.5 Å². The molecule has 1 nitrogen and oxygen atoms in total. The van der Waals surface area contributed by atoms with Gasteiger partial charge in [0.05, 0.1) is 5.38 Å². The van der Waals surface area contributed by atoms with Gasteiger partial charge < -0.3 is 0 Å². The van der Waals surface area contributed by atoms with Gasteiger partial charge in [0.25, 0.3) is 0 Å². The Morgan fingerprint density at radius 1 is 1.40 bits per heavy atom. The molecule has 1 unspecified atom stereocenters. The van der Waals surface area contributed by atoms with Gasteiger partial charge in [-0.15, -0.1) is 11.6 Å². The number of hydrogen-bond acceptors (Lipinski definition) is 2. The van der Waals surface area contributed by atoms with Crippen LogP contribution in [0.15, 0.2) is 35.2 Å². The van der Waals surface area contributed by atoms with Crippen LogP contribution in [-0.2, 0) is 6.42 Å². The number of aryl methyl sites for hydroxylation is 1. The number of rotatable bonds is 3. The van der Waals surface area contributed by atoms with E-state index >= 15 is 0 Å². The van der Waals surface area contributed by atoms with E-state index in [0.717, 1.165) is 12.1 Å². The van der Waals surface area contributed by atoms with Crippen molar-refractivity contribution in [2.24, 2.45) is 0 Å². The van der Waals surface area contributed by atoms with Gasteiger partial charge in [-0.3, -0.25) is 4.98 Å². The van der Waals surface area contributed by atoms with Gasteiger partial charge in [0.15, 0.2) is 0 Å². The quantitative estimate of drug-likeness (QED) is 0.736. The first kappa shape index (κ1) is 10.7. The molecule has 2 aromatic rings. The summed E-state index contributed by atoms with van der Waals surface area (Å²) in [5.74, 6) is 0. The van der Waals surface area contributed by atoms with Crippen LogP contribution >= 0.6 is 22.9 Å². The molecule has 3 heteroatoms. The molecule has 0 aromatic carbocycles. The second-order valence-corrected chi connectivity index (χ2v) is 4.77. The Labute approximate surface area is 98.7 Å². The Bertz CT molecular complexity index is 424. The summed E-state index contributed by atoms with van der Waals surface area (Å²) in [5, 5.41) is 4.28. The lowest BCUT2D eigenvalue weighted by molar-refractivity contribution is 0.878. The highest BCUT2D eigenvalue weighted by Crippen LogP contribution is 2.29. The van der Waals surface area contributed by atoms with Crippen molar-refractivity contribution >= 4 is 22.9 Å². The zero-order valence-electron chi connectivity index (χ0n) is 8.48. The first-order valence-corrected chi connectivity index (χ1v) is 6.22. The highest BCUT2D eigenvalue weighted by molar-refractivity contribution is 7.08. The smallest absolute Gasteiger partial charge is 0.0651 e. The zero-order chi connectivity index (χ0) is 10.7. The van der Waals surface area contributed by atoms with Gasteiger partial charge in [0.2, 0.25) is 0 Å². The molecule has 2 heterocycles. The highest BCUT2D eigenvalue weighted by atomic mass is 35.5. The number of alkyl halides is 1. The summed E-state index contributed by atoms with van der Waals surface area (Å²) >= 11 is 8.05. The maximum atomic E-state index is 6.35. The van der Waals surface area contributed by atoms with E-state index in [1.807, 2.05) is 18.2 Å². The van der Waals surface area contributed by atoms with Crippen LogP contribution in [0.3, 0.4) is 0 Å². The van der Waals surface area contributed by atoms with Crippen LogP contribution in [0, 0.1) is 6.92 Å². The molecule has 0 saturated carbocycles. The molecule has 0 spiro atoms. The van der Waals surface area contributed by atoms with E-state index in [-0.39, 0.29) is 5.38 Å². The van der Waals surface area contributed by atoms with Gasteiger partial charge in [-0.25, -0.2) is 0 Å². The Morgan fingerprint density at radius 2 is 2.27 bits per heavy atom. The fourth-order valence-electron chi connectivity index (χ4n) is 1.50. The highest BCUT2D eigenvalue weighted by Gasteiger charge is 2.12. The van der Waals surface area contributed by atoms with Crippen LogP contribution < -0.4 is 0 Å². The van der Waals surface area contributed by atoms with E-state index in [1.165, 1.54) is 11.1 Å². The van der Waals surface area contributed by atoms with Crippen molar-refractivity contribution in [3.05, 3.63) is 52.0 Å². The first-order valence-electron chi connectivity index (χ1n) is 4.84. The molecule has 2 aromatic heterocycles. The summed E-state index contributed by atoms with van der Waals surface area (Å²) in [7, 11) is 0. The minimum atomic E-state index is 0.0335. The predicted molar refractivity (Wildman–Crippen MR) is 65.6 cm³/mol. The lowest BCUT2D eigenvalue weighted by Crippen LogP contribution is -1.97. The summed E-state index contributed by atoms with van der Waals surface area (Å²) in [5.41, 5.74) is 3.55. The Balaban J connectivity index is 2.11. The fraction of sp³-hybridized carbons (Fsp3) is 0.250. The summed E-state index contributed by atoms with van der Waals surface area (Å²) in [6, 6.07) is 5.92. The Hall–Kier alpha value is -0.860. The Morgan fingerprint density at radius 3 is 2.87 bits per heavy atom. The molecule has 0 aliphatic heterocycles. The summed E-state index contributed by atoms with van der Waals surface area (Å²) < 4.78 is 0. The van der Waals surface area contributed by atoms with Gasteiger partial charge in [-0.2, -0.15) is 11.3 Å². The molecule has 0 fully saturated rings. The average Bonchev–Trinajstić information content (AvgIpc) is 2.66. The monoisotopic (exact) mass is 237 g/mol. The van der Waals surface area contributed by atoms with Crippen molar-refractivity contribution in [3.8, 4) is 0 Å². The number of thiophene rings is 1. The van der Waals surface area contributed by atoms with Gasteiger partial charge in [0.1, 0.15) is 0 Å². The predicted octanol–water partition coefficient (Wildman–Crippen LogP) is 3.97. The van der Waals surface area contributed by atoms with Gasteiger partial charge in [-0.05, 0) is 40.9 Å². The molecule has 0 amide bonds. The van der Waals surface area contributed by atoms with E-state index in [9.17, 15) is 0 Å². The molecule has 0 aliphatic carbocycles. The topological polar surface area (TPSA) is 12.9 Å². The second kappa shape index (κ2) is 4.77. The third kappa shape index (κ3) is 2.58. The molecule has 15 heavy (non-hydrogen) atoms. The molecular weight excluding hydrogens is 226 g/mol.